The van der Waals surface area contributed by atoms with Crippen molar-refractivity contribution in [1.29, 1.82) is 0 Å². The molecule has 29 heavy (non-hydrogen) atoms. The number of benzene rings is 1. The third-order valence-corrected chi connectivity index (χ3v) is 5.54. The maximum Gasteiger partial charge on any atom is 0.329 e. The Morgan fingerprint density at radius 2 is 1.59 bits per heavy atom. The summed E-state index contributed by atoms with van der Waals surface area (Å²) < 4.78 is 5.26. The number of rotatable bonds is 7. The van der Waals surface area contributed by atoms with Gasteiger partial charge in [0.2, 0.25) is 11.8 Å². The van der Waals surface area contributed by atoms with Gasteiger partial charge in [0.1, 0.15) is 6.04 Å². The summed E-state index contributed by atoms with van der Waals surface area (Å²) in [6.45, 7) is 5.33. The molecule has 1 aromatic rings. The van der Waals surface area contributed by atoms with Crippen molar-refractivity contribution in [3.05, 3.63) is 47.5 Å². The number of amides is 2. The lowest BCUT2D eigenvalue weighted by atomic mass is 9.85. The summed E-state index contributed by atoms with van der Waals surface area (Å²) >= 11 is 0. The van der Waals surface area contributed by atoms with E-state index in [1.165, 1.54) is 0 Å². The highest BCUT2D eigenvalue weighted by Crippen LogP contribution is 2.37. The van der Waals surface area contributed by atoms with E-state index in [0.29, 0.717) is 24.8 Å². The largest absolute Gasteiger partial charge is 0.456 e. The van der Waals surface area contributed by atoms with Gasteiger partial charge < -0.3 is 4.74 Å². The van der Waals surface area contributed by atoms with Gasteiger partial charge in [0, 0.05) is 5.56 Å². The number of aryl methyl sites for hydroxylation is 1. The van der Waals surface area contributed by atoms with Crippen LogP contribution in [0.2, 0.25) is 0 Å². The van der Waals surface area contributed by atoms with E-state index in [1.807, 2.05) is 45.1 Å². The zero-order chi connectivity index (χ0) is 21.1. The number of likely N-dealkylation sites (tertiary alicyclic amines) is 1. The number of fused-ring (bicyclic) bond motifs is 1. The molecule has 1 fully saturated rings. The van der Waals surface area contributed by atoms with E-state index in [-0.39, 0.29) is 23.5 Å². The normalized spacial score (nSPS) is 22.0. The number of allylic oxidation sites excluding steroid dienone is 2. The van der Waals surface area contributed by atoms with Crippen molar-refractivity contribution >= 4 is 23.6 Å². The lowest BCUT2D eigenvalue weighted by molar-refractivity contribution is -0.158. The summed E-state index contributed by atoms with van der Waals surface area (Å²) in [5.74, 6) is -2.37. The van der Waals surface area contributed by atoms with Crippen molar-refractivity contribution in [2.24, 2.45) is 17.8 Å². The van der Waals surface area contributed by atoms with Gasteiger partial charge in [0.25, 0.3) is 0 Å². The number of nitrogens with zero attached hydrogens (tertiary/aromatic N) is 1. The molecule has 3 atom stereocenters. The Labute approximate surface area is 170 Å². The molecule has 6 heteroatoms. The predicted molar refractivity (Wildman–Crippen MR) is 107 cm³/mol. The van der Waals surface area contributed by atoms with E-state index in [1.54, 1.807) is 12.1 Å². The number of hydrogen-bond acceptors (Lipinski definition) is 5. The van der Waals surface area contributed by atoms with E-state index < -0.39 is 30.5 Å². The van der Waals surface area contributed by atoms with Crippen LogP contribution in [0.5, 0.6) is 0 Å². The average Bonchev–Trinajstić information content (AvgIpc) is 2.95. The monoisotopic (exact) mass is 397 g/mol. The standard InChI is InChI=1S/C23H27NO5/c1-14(2)12-19(24-21(26)17-6-4-5-7-18(17)22(24)27)23(28)29-13-20(25)16-10-8-15(3)9-11-16/h4-5,8-11,14,17-19H,6-7,12-13H2,1-3H3. The van der Waals surface area contributed by atoms with E-state index >= 15 is 0 Å². The molecule has 0 saturated carbocycles. The fraction of sp³-hybridized carbons (Fsp3) is 0.478. The molecule has 1 aliphatic heterocycles. The molecule has 154 valence electrons. The number of ketones is 1. The summed E-state index contributed by atoms with van der Waals surface area (Å²) in [6, 6.07) is 6.00. The van der Waals surface area contributed by atoms with E-state index in [2.05, 4.69) is 0 Å². The van der Waals surface area contributed by atoms with Crippen molar-refractivity contribution < 1.29 is 23.9 Å². The molecule has 1 aromatic carbocycles. The minimum Gasteiger partial charge on any atom is -0.456 e. The maximum absolute atomic E-state index is 12.9. The number of esters is 1. The first-order valence-electron chi connectivity index (χ1n) is 10.1. The molecule has 1 heterocycles. The van der Waals surface area contributed by atoms with Crippen LogP contribution in [-0.2, 0) is 19.1 Å². The summed E-state index contributed by atoms with van der Waals surface area (Å²) in [5.41, 5.74) is 1.48. The molecule has 0 N–H and O–H groups in total. The molecule has 3 rings (SSSR count). The van der Waals surface area contributed by atoms with Crippen LogP contribution in [-0.4, -0.2) is 41.1 Å². The Hall–Kier alpha value is -2.76. The molecule has 0 bridgehead atoms. The summed E-state index contributed by atoms with van der Waals surface area (Å²) in [6.07, 6.45) is 5.15. The first kappa shape index (κ1) is 21.0. The molecule has 0 aromatic heterocycles. The van der Waals surface area contributed by atoms with E-state index in [0.717, 1.165) is 10.5 Å². The first-order valence-corrected chi connectivity index (χ1v) is 10.1. The molecule has 1 aliphatic carbocycles. The van der Waals surface area contributed by atoms with Gasteiger partial charge in [-0.2, -0.15) is 0 Å². The van der Waals surface area contributed by atoms with Crippen LogP contribution in [0.4, 0.5) is 0 Å². The number of ether oxygens (including phenoxy) is 1. The number of carbonyl (C=O) groups is 4. The number of carbonyl (C=O) groups excluding carboxylic acids is 4. The summed E-state index contributed by atoms with van der Waals surface area (Å²) in [4.78, 5) is 52.0. The quantitative estimate of drug-likeness (QED) is 0.306. The number of hydrogen-bond donors (Lipinski definition) is 0. The van der Waals surface area contributed by atoms with Gasteiger partial charge in [-0.25, -0.2) is 4.79 Å². The third-order valence-electron chi connectivity index (χ3n) is 5.54. The molecule has 1 saturated heterocycles. The second kappa shape index (κ2) is 8.72. The first-order chi connectivity index (χ1) is 13.8. The highest BCUT2D eigenvalue weighted by atomic mass is 16.5. The Kier molecular flexibility index (Phi) is 6.30. The van der Waals surface area contributed by atoms with Crippen LogP contribution in [0.3, 0.4) is 0 Å². The van der Waals surface area contributed by atoms with Gasteiger partial charge >= 0.3 is 5.97 Å². The zero-order valence-corrected chi connectivity index (χ0v) is 17.1. The lowest BCUT2D eigenvalue weighted by Gasteiger charge is -2.26. The van der Waals surface area contributed by atoms with E-state index in [4.69, 9.17) is 4.74 Å². The highest BCUT2D eigenvalue weighted by Gasteiger charge is 2.51. The molecule has 3 unspecified atom stereocenters. The predicted octanol–water partition coefficient (Wildman–Crippen LogP) is 3.09. The second-order valence-corrected chi connectivity index (χ2v) is 8.24. The van der Waals surface area contributed by atoms with Crippen LogP contribution in [0, 0.1) is 24.7 Å². The molecule has 6 nitrogen and oxygen atoms in total. The van der Waals surface area contributed by atoms with Gasteiger partial charge in [-0.15, -0.1) is 0 Å². The van der Waals surface area contributed by atoms with Crippen LogP contribution in [0.25, 0.3) is 0 Å². The topological polar surface area (TPSA) is 80.8 Å². The molecular weight excluding hydrogens is 370 g/mol. The minimum absolute atomic E-state index is 0.0710. The Balaban J connectivity index is 1.72. The van der Waals surface area contributed by atoms with Gasteiger partial charge in [-0.05, 0) is 32.1 Å². The molecule has 0 radical (unpaired) electrons. The van der Waals surface area contributed by atoms with Crippen molar-refractivity contribution in [3.63, 3.8) is 0 Å². The Bertz CT molecular complexity index is 813. The zero-order valence-electron chi connectivity index (χ0n) is 17.1. The molecule has 2 amide bonds. The molecular formula is C23H27NO5. The van der Waals surface area contributed by atoms with E-state index in [9.17, 15) is 19.2 Å². The van der Waals surface area contributed by atoms with Crippen molar-refractivity contribution in [2.75, 3.05) is 6.61 Å². The van der Waals surface area contributed by atoms with Gasteiger partial charge in [0.05, 0.1) is 11.8 Å². The highest BCUT2D eigenvalue weighted by molar-refractivity contribution is 6.08. The van der Waals surface area contributed by atoms with Gasteiger partial charge in [-0.1, -0.05) is 55.8 Å². The van der Waals surface area contributed by atoms with Gasteiger partial charge in [0.15, 0.2) is 12.4 Å². The number of Topliss-reactive ketones (excluding diaryl/α,β-unsaturated/α-hetero) is 1. The molecule has 0 spiro atoms. The van der Waals surface area contributed by atoms with Crippen molar-refractivity contribution in [2.45, 2.75) is 46.1 Å². The van der Waals surface area contributed by atoms with Crippen LogP contribution < -0.4 is 0 Å². The smallest absolute Gasteiger partial charge is 0.329 e. The Morgan fingerprint density at radius 1 is 1.03 bits per heavy atom. The maximum atomic E-state index is 12.9. The number of imide groups is 1. The molecule has 2 aliphatic rings. The summed E-state index contributed by atoms with van der Waals surface area (Å²) in [5, 5.41) is 0. The SMILES string of the molecule is Cc1ccc(C(=O)COC(=O)C(CC(C)C)N2C(=O)C3CC=CCC3C2=O)cc1. The van der Waals surface area contributed by atoms with Crippen molar-refractivity contribution in [1.82, 2.24) is 4.90 Å². The Morgan fingerprint density at radius 3 is 2.10 bits per heavy atom. The van der Waals surface area contributed by atoms with Crippen LogP contribution in [0.15, 0.2) is 36.4 Å². The minimum atomic E-state index is -0.994. The summed E-state index contributed by atoms with van der Waals surface area (Å²) in [7, 11) is 0. The fourth-order valence-electron chi connectivity index (χ4n) is 3.94. The van der Waals surface area contributed by atoms with Crippen molar-refractivity contribution in [3.8, 4) is 0 Å². The average molecular weight is 397 g/mol. The second-order valence-electron chi connectivity index (χ2n) is 8.24. The lowest BCUT2D eigenvalue weighted by Crippen LogP contribution is -2.47. The van der Waals surface area contributed by atoms with Crippen LogP contribution in [0.1, 0.15) is 49.0 Å². The third kappa shape index (κ3) is 4.47. The fourth-order valence-corrected chi connectivity index (χ4v) is 3.94. The van der Waals surface area contributed by atoms with Crippen LogP contribution >= 0.6 is 0 Å². The van der Waals surface area contributed by atoms with Gasteiger partial charge in [-0.3, -0.25) is 19.3 Å².